The number of thioether (sulfide) groups is 1. The van der Waals surface area contributed by atoms with Crippen LogP contribution in [-0.4, -0.2) is 41.6 Å². The van der Waals surface area contributed by atoms with Crippen molar-refractivity contribution in [2.75, 3.05) is 12.4 Å². The van der Waals surface area contributed by atoms with Crippen molar-refractivity contribution in [2.45, 2.75) is 41.0 Å². The number of halogens is 3. The van der Waals surface area contributed by atoms with E-state index in [1.807, 2.05) is 0 Å². The number of ether oxygens (including phenoxy) is 1. The van der Waals surface area contributed by atoms with Gasteiger partial charge in [0.25, 0.3) is 0 Å². The maximum atomic E-state index is 13.3. The maximum Gasteiger partial charge on any atom is 0.416 e. The number of aromatic nitrogens is 3. The van der Waals surface area contributed by atoms with E-state index >= 15 is 0 Å². The zero-order valence-electron chi connectivity index (χ0n) is 16.6. The molecular formula is C19H19F3N4O3S3. The van der Waals surface area contributed by atoms with E-state index in [9.17, 15) is 21.6 Å². The first kappa shape index (κ1) is 23.2. The molecule has 0 unspecified atom stereocenters. The Morgan fingerprint density at radius 1 is 1.25 bits per heavy atom. The molecule has 3 aromatic rings. The van der Waals surface area contributed by atoms with Crippen molar-refractivity contribution in [2.24, 2.45) is 0 Å². The largest absolute Gasteiger partial charge is 0.416 e. The lowest BCUT2D eigenvalue weighted by atomic mass is 10.2. The molecule has 1 aromatic carbocycles. The van der Waals surface area contributed by atoms with Gasteiger partial charge in [0.1, 0.15) is 4.21 Å². The molecular weight excluding hydrogens is 485 g/mol. The Kier molecular flexibility index (Phi) is 6.91. The standard InChI is InChI=1S/C19H19F3N4O3S3/c20-19(21,22)13-4-1-5-14(10-13)26-16(11-23-32(27,28)17-7-3-9-30-17)24-25-18(26)31-12-15-6-2-8-29-15/h1,3-5,7,9-10,15,23H,2,6,8,11-12H2/t15-/m1/s1. The summed E-state index contributed by atoms with van der Waals surface area (Å²) in [6.45, 7) is 0.450. The second-order valence-corrected chi connectivity index (χ2v) is 10.9. The van der Waals surface area contributed by atoms with Gasteiger partial charge in [-0.2, -0.15) is 13.2 Å². The quantitative estimate of drug-likeness (QED) is 0.465. The average Bonchev–Trinajstić information content (AvgIpc) is 3.52. The summed E-state index contributed by atoms with van der Waals surface area (Å²) in [6, 6.07) is 7.86. The Morgan fingerprint density at radius 3 is 2.78 bits per heavy atom. The molecule has 1 saturated heterocycles. The van der Waals surface area contributed by atoms with Crippen LogP contribution in [0.1, 0.15) is 24.2 Å². The summed E-state index contributed by atoms with van der Waals surface area (Å²) in [4.78, 5) is 0. The van der Waals surface area contributed by atoms with Crippen molar-refractivity contribution < 1.29 is 26.3 Å². The Morgan fingerprint density at radius 2 is 2.09 bits per heavy atom. The lowest BCUT2D eigenvalue weighted by Crippen LogP contribution is -2.24. The van der Waals surface area contributed by atoms with Crippen LogP contribution in [0.25, 0.3) is 5.69 Å². The van der Waals surface area contributed by atoms with Crippen LogP contribution < -0.4 is 4.72 Å². The Bertz CT molecular complexity index is 1160. The number of alkyl halides is 3. The molecule has 1 atom stereocenters. The van der Waals surface area contributed by atoms with E-state index in [0.717, 1.165) is 36.3 Å². The summed E-state index contributed by atoms with van der Waals surface area (Å²) in [7, 11) is -3.78. The first-order valence-electron chi connectivity index (χ1n) is 9.63. The minimum absolute atomic E-state index is 0.0347. The van der Waals surface area contributed by atoms with E-state index in [1.165, 1.54) is 34.5 Å². The van der Waals surface area contributed by atoms with Crippen molar-refractivity contribution in [3.8, 4) is 5.69 Å². The van der Waals surface area contributed by atoms with E-state index < -0.39 is 21.8 Å². The predicted molar refractivity (Wildman–Crippen MR) is 114 cm³/mol. The summed E-state index contributed by atoms with van der Waals surface area (Å²) in [5, 5.41) is 10.2. The summed E-state index contributed by atoms with van der Waals surface area (Å²) < 4.78 is 74.4. The SMILES string of the molecule is O=S(=O)(NCc1nnc(SC[C@H]2CCCO2)n1-c1cccc(C(F)(F)F)c1)c1cccs1. The summed E-state index contributed by atoms with van der Waals surface area (Å²) >= 11 is 2.37. The number of benzene rings is 1. The van der Waals surface area contributed by atoms with Crippen LogP contribution in [0.4, 0.5) is 13.2 Å². The molecule has 13 heteroatoms. The van der Waals surface area contributed by atoms with Gasteiger partial charge in [0.15, 0.2) is 11.0 Å². The van der Waals surface area contributed by atoms with Gasteiger partial charge in [-0.3, -0.25) is 4.57 Å². The van der Waals surface area contributed by atoms with Crippen LogP contribution in [0, 0.1) is 0 Å². The third kappa shape index (κ3) is 5.34. The molecule has 4 rings (SSSR count). The fourth-order valence-corrected chi connectivity index (χ4v) is 6.23. The second-order valence-electron chi connectivity index (χ2n) is 6.98. The Balaban J connectivity index is 1.64. The van der Waals surface area contributed by atoms with Crippen molar-refractivity contribution >= 4 is 33.1 Å². The van der Waals surface area contributed by atoms with Gasteiger partial charge in [-0.15, -0.1) is 21.5 Å². The van der Waals surface area contributed by atoms with E-state index in [0.29, 0.717) is 17.5 Å². The Hall–Kier alpha value is -1.93. The third-order valence-corrected chi connectivity index (χ3v) is 8.59. The lowest BCUT2D eigenvalue weighted by Gasteiger charge is -2.14. The van der Waals surface area contributed by atoms with Gasteiger partial charge in [-0.1, -0.05) is 23.9 Å². The molecule has 1 fully saturated rings. The number of rotatable bonds is 8. The lowest BCUT2D eigenvalue weighted by molar-refractivity contribution is -0.137. The highest BCUT2D eigenvalue weighted by Gasteiger charge is 2.31. The molecule has 0 bridgehead atoms. The molecule has 2 aromatic heterocycles. The normalized spacial score (nSPS) is 17.2. The van der Waals surface area contributed by atoms with Crippen LogP contribution >= 0.6 is 23.1 Å². The fourth-order valence-electron chi connectivity index (χ4n) is 3.18. The van der Waals surface area contributed by atoms with Gasteiger partial charge in [0.2, 0.25) is 10.0 Å². The van der Waals surface area contributed by atoms with Gasteiger partial charge in [-0.05, 0) is 42.5 Å². The first-order chi connectivity index (χ1) is 15.2. The highest BCUT2D eigenvalue weighted by atomic mass is 32.2. The van der Waals surface area contributed by atoms with Gasteiger partial charge < -0.3 is 4.74 Å². The van der Waals surface area contributed by atoms with E-state index in [-0.39, 0.29) is 28.4 Å². The molecule has 0 radical (unpaired) electrons. The van der Waals surface area contributed by atoms with Crippen LogP contribution in [-0.2, 0) is 27.5 Å². The average molecular weight is 505 g/mol. The maximum absolute atomic E-state index is 13.3. The zero-order valence-corrected chi connectivity index (χ0v) is 19.0. The topological polar surface area (TPSA) is 86.1 Å². The number of thiophene rings is 1. The van der Waals surface area contributed by atoms with Crippen molar-refractivity contribution in [1.29, 1.82) is 0 Å². The molecule has 1 N–H and O–H groups in total. The minimum atomic E-state index is -4.52. The van der Waals surface area contributed by atoms with Crippen LogP contribution in [0.15, 0.2) is 51.1 Å². The smallest absolute Gasteiger partial charge is 0.377 e. The molecule has 1 aliphatic heterocycles. The molecule has 32 heavy (non-hydrogen) atoms. The summed E-state index contributed by atoms with van der Waals surface area (Å²) in [5.41, 5.74) is -0.617. The van der Waals surface area contributed by atoms with Gasteiger partial charge in [-0.25, -0.2) is 13.1 Å². The van der Waals surface area contributed by atoms with Gasteiger partial charge in [0, 0.05) is 12.4 Å². The third-order valence-electron chi connectivity index (χ3n) is 4.73. The van der Waals surface area contributed by atoms with Crippen molar-refractivity contribution in [1.82, 2.24) is 19.5 Å². The molecule has 0 amide bonds. The van der Waals surface area contributed by atoms with E-state index in [1.54, 1.807) is 11.4 Å². The molecule has 0 aliphatic carbocycles. The number of sulfonamides is 1. The van der Waals surface area contributed by atoms with Crippen LogP contribution in [0.5, 0.6) is 0 Å². The van der Waals surface area contributed by atoms with Gasteiger partial charge in [0.05, 0.1) is 23.9 Å². The zero-order chi connectivity index (χ0) is 22.8. The molecule has 7 nitrogen and oxygen atoms in total. The molecule has 0 spiro atoms. The highest BCUT2D eigenvalue weighted by Crippen LogP contribution is 2.32. The number of hydrogen-bond donors (Lipinski definition) is 1. The number of hydrogen-bond acceptors (Lipinski definition) is 7. The Labute approximate surface area is 191 Å². The molecule has 3 heterocycles. The summed E-state index contributed by atoms with van der Waals surface area (Å²) in [5.74, 6) is 0.747. The fraction of sp³-hybridized carbons (Fsp3) is 0.368. The van der Waals surface area contributed by atoms with Crippen molar-refractivity contribution in [3.05, 3.63) is 53.2 Å². The van der Waals surface area contributed by atoms with E-state index in [2.05, 4.69) is 14.9 Å². The molecule has 1 aliphatic rings. The highest BCUT2D eigenvalue weighted by molar-refractivity contribution is 7.99. The molecule has 172 valence electrons. The second kappa shape index (κ2) is 9.51. The van der Waals surface area contributed by atoms with E-state index in [4.69, 9.17) is 4.74 Å². The van der Waals surface area contributed by atoms with Crippen molar-refractivity contribution in [3.63, 3.8) is 0 Å². The van der Waals surface area contributed by atoms with Crippen LogP contribution in [0.2, 0.25) is 0 Å². The number of nitrogens with one attached hydrogen (secondary N) is 1. The number of nitrogens with zero attached hydrogens (tertiary/aromatic N) is 3. The molecule has 0 saturated carbocycles. The minimum Gasteiger partial charge on any atom is -0.377 e. The summed E-state index contributed by atoms with van der Waals surface area (Å²) in [6.07, 6.45) is -2.62. The predicted octanol–water partition coefficient (Wildman–Crippen LogP) is 4.10. The monoisotopic (exact) mass is 504 g/mol. The van der Waals surface area contributed by atoms with Crippen LogP contribution in [0.3, 0.4) is 0 Å². The van der Waals surface area contributed by atoms with Gasteiger partial charge >= 0.3 is 6.18 Å². The first-order valence-corrected chi connectivity index (χ1v) is 13.0.